The number of nitrogens with one attached hydrogen (secondary N) is 2. The van der Waals surface area contributed by atoms with E-state index in [9.17, 15) is 22.8 Å². The van der Waals surface area contributed by atoms with Crippen molar-refractivity contribution >= 4 is 23.6 Å². The van der Waals surface area contributed by atoms with Crippen molar-refractivity contribution in [3.63, 3.8) is 0 Å². The zero-order valence-electron chi connectivity index (χ0n) is 15.7. The minimum atomic E-state index is -1.70. The van der Waals surface area contributed by atoms with Crippen molar-refractivity contribution < 1.29 is 32.2 Å². The SMILES string of the molecule is C/C=C/c1ccc(OCC(=O)NCC(=O)Nc2ccc(F)c(F)c2F)c(OC)c1. The summed E-state index contributed by atoms with van der Waals surface area (Å²) >= 11 is 0. The molecule has 0 aromatic heterocycles. The first-order valence-corrected chi connectivity index (χ1v) is 8.49. The summed E-state index contributed by atoms with van der Waals surface area (Å²) in [6, 6.07) is 6.70. The van der Waals surface area contributed by atoms with Crippen molar-refractivity contribution in [1.29, 1.82) is 0 Å². The lowest BCUT2D eigenvalue weighted by atomic mass is 10.2. The van der Waals surface area contributed by atoms with Crippen LogP contribution in [0.2, 0.25) is 0 Å². The first-order chi connectivity index (χ1) is 13.8. The summed E-state index contributed by atoms with van der Waals surface area (Å²) in [7, 11) is 1.46. The quantitative estimate of drug-likeness (QED) is 0.658. The van der Waals surface area contributed by atoms with Gasteiger partial charge in [-0.05, 0) is 36.8 Å². The van der Waals surface area contributed by atoms with E-state index >= 15 is 0 Å². The maximum absolute atomic E-state index is 13.5. The fourth-order valence-corrected chi connectivity index (χ4v) is 2.29. The van der Waals surface area contributed by atoms with Gasteiger partial charge in [-0.25, -0.2) is 13.2 Å². The van der Waals surface area contributed by atoms with Gasteiger partial charge < -0.3 is 20.1 Å². The molecule has 0 radical (unpaired) electrons. The predicted molar refractivity (Wildman–Crippen MR) is 101 cm³/mol. The molecule has 0 aliphatic rings. The minimum absolute atomic E-state index is 0.337. The van der Waals surface area contributed by atoms with Gasteiger partial charge >= 0.3 is 0 Å². The minimum Gasteiger partial charge on any atom is -0.493 e. The molecular weight excluding hydrogens is 389 g/mol. The number of methoxy groups -OCH3 is 1. The van der Waals surface area contributed by atoms with Crippen molar-refractivity contribution in [2.24, 2.45) is 0 Å². The molecule has 0 spiro atoms. The topological polar surface area (TPSA) is 76.7 Å². The van der Waals surface area contributed by atoms with Crippen molar-refractivity contribution in [3.8, 4) is 11.5 Å². The summed E-state index contributed by atoms with van der Waals surface area (Å²) in [6.07, 6.45) is 3.73. The Morgan fingerprint density at radius 1 is 1.03 bits per heavy atom. The highest BCUT2D eigenvalue weighted by Gasteiger charge is 2.16. The summed E-state index contributed by atoms with van der Waals surface area (Å²) in [6.45, 7) is 0.961. The molecule has 2 amide bonds. The second-order valence-corrected chi connectivity index (χ2v) is 5.75. The molecule has 2 aromatic rings. The lowest BCUT2D eigenvalue weighted by Crippen LogP contribution is -2.36. The second-order valence-electron chi connectivity index (χ2n) is 5.75. The normalized spacial score (nSPS) is 10.7. The van der Waals surface area contributed by atoms with Gasteiger partial charge in [0.15, 0.2) is 35.6 Å². The molecule has 0 aliphatic carbocycles. The molecule has 0 atom stereocenters. The van der Waals surface area contributed by atoms with Gasteiger partial charge in [0.1, 0.15) is 0 Å². The highest BCUT2D eigenvalue weighted by Crippen LogP contribution is 2.28. The van der Waals surface area contributed by atoms with E-state index < -0.39 is 48.1 Å². The van der Waals surface area contributed by atoms with E-state index in [2.05, 4.69) is 5.32 Å². The van der Waals surface area contributed by atoms with Crippen LogP contribution in [-0.2, 0) is 9.59 Å². The van der Waals surface area contributed by atoms with Crippen LogP contribution in [0.15, 0.2) is 36.4 Å². The van der Waals surface area contributed by atoms with E-state index in [-0.39, 0.29) is 0 Å². The maximum atomic E-state index is 13.5. The van der Waals surface area contributed by atoms with Gasteiger partial charge in [-0.15, -0.1) is 0 Å². The molecule has 2 N–H and O–H groups in total. The number of hydrogen-bond acceptors (Lipinski definition) is 4. The van der Waals surface area contributed by atoms with Crippen LogP contribution in [0.3, 0.4) is 0 Å². The zero-order valence-corrected chi connectivity index (χ0v) is 15.7. The molecule has 2 aromatic carbocycles. The first-order valence-electron chi connectivity index (χ1n) is 8.49. The summed E-state index contributed by atoms with van der Waals surface area (Å²) in [5, 5.41) is 4.31. The summed E-state index contributed by atoms with van der Waals surface area (Å²) in [5.74, 6) is -5.28. The molecule has 29 heavy (non-hydrogen) atoms. The monoisotopic (exact) mass is 408 g/mol. The Balaban J connectivity index is 1.86. The molecule has 0 saturated heterocycles. The Labute approximate surface area is 165 Å². The van der Waals surface area contributed by atoms with E-state index in [1.807, 2.05) is 24.4 Å². The average molecular weight is 408 g/mol. The van der Waals surface area contributed by atoms with Crippen LogP contribution in [0.5, 0.6) is 11.5 Å². The molecule has 9 heteroatoms. The summed E-state index contributed by atoms with van der Waals surface area (Å²) < 4.78 is 50.1. The molecule has 6 nitrogen and oxygen atoms in total. The van der Waals surface area contributed by atoms with Crippen molar-refractivity contribution in [2.75, 3.05) is 25.6 Å². The Bertz CT molecular complexity index is 932. The molecule has 0 fully saturated rings. The van der Waals surface area contributed by atoms with Gasteiger partial charge in [-0.3, -0.25) is 9.59 Å². The van der Waals surface area contributed by atoms with Crippen LogP contribution in [0.1, 0.15) is 12.5 Å². The Morgan fingerprint density at radius 2 is 1.79 bits per heavy atom. The van der Waals surface area contributed by atoms with Gasteiger partial charge in [0.2, 0.25) is 5.91 Å². The van der Waals surface area contributed by atoms with E-state index in [1.165, 1.54) is 7.11 Å². The highest BCUT2D eigenvalue weighted by molar-refractivity contribution is 5.94. The van der Waals surface area contributed by atoms with E-state index in [1.54, 1.807) is 18.2 Å². The van der Waals surface area contributed by atoms with Crippen LogP contribution < -0.4 is 20.1 Å². The van der Waals surface area contributed by atoms with Gasteiger partial charge in [0.05, 0.1) is 19.3 Å². The number of rotatable bonds is 8. The number of benzene rings is 2. The fraction of sp³-hybridized carbons (Fsp3) is 0.200. The summed E-state index contributed by atoms with van der Waals surface area (Å²) in [5.41, 5.74) is 0.354. The molecule has 0 bridgehead atoms. The van der Waals surface area contributed by atoms with Crippen molar-refractivity contribution in [2.45, 2.75) is 6.92 Å². The van der Waals surface area contributed by atoms with Gasteiger partial charge in [0, 0.05) is 0 Å². The van der Waals surface area contributed by atoms with Crippen LogP contribution in [-0.4, -0.2) is 32.1 Å². The molecule has 0 saturated carbocycles. The van der Waals surface area contributed by atoms with E-state index in [0.29, 0.717) is 17.6 Å². The number of allylic oxidation sites excluding steroid dienone is 1. The van der Waals surface area contributed by atoms with E-state index in [0.717, 1.165) is 11.6 Å². The zero-order chi connectivity index (χ0) is 21.4. The van der Waals surface area contributed by atoms with Crippen LogP contribution >= 0.6 is 0 Å². The maximum Gasteiger partial charge on any atom is 0.258 e. The molecule has 0 heterocycles. The van der Waals surface area contributed by atoms with Crippen molar-refractivity contribution in [3.05, 3.63) is 59.4 Å². The number of anilines is 1. The van der Waals surface area contributed by atoms with E-state index in [4.69, 9.17) is 9.47 Å². The average Bonchev–Trinajstić information content (AvgIpc) is 2.71. The number of ether oxygens (including phenoxy) is 2. The third-order valence-corrected chi connectivity index (χ3v) is 3.66. The summed E-state index contributed by atoms with van der Waals surface area (Å²) in [4.78, 5) is 23.6. The molecule has 2 rings (SSSR count). The smallest absolute Gasteiger partial charge is 0.258 e. The standard InChI is InChI=1S/C20H19F3N2O4/c1-3-4-12-5-8-15(16(9-12)28-2)29-11-18(27)24-10-17(26)25-14-7-6-13(21)19(22)20(14)23/h3-9H,10-11H2,1-2H3,(H,24,27)(H,25,26)/b4-3+. The predicted octanol–water partition coefficient (Wildman–Crippen LogP) is 3.28. The lowest BCUT2D eigenvalue weighted by molar-refractivity contribution is -0.125. The molecular formula is C20H19F3N2O4. The van der Waals surface area contributed by atoms with Crippen LogP contribution in [0.4, 0.5) is 18.9 Å². The lowest BCUT2D eigenvalue weighted by Gasteiger charge is -2.12. The number of hydrogen-bond donors (Lipinski definition) is 2. The largest absolute Gasteiger partial charge is 0.493 e. The Morgan fingerprint density at radius 3 is 2.48 bits per heavy atom. The van der Waals surface area contributed by atoms with Gasteiger partial charge in [0.25, 0.3) is 5.91 Å². The van der Waals surface area contributed by atoms with Crippen molar-refractivity contribution in [1.82, 2.24) is 5.32 Å². The van der Waals surface area contributed by atoms with Gasteiger partial charge in [-0.2, -0.15) is 0 Å². The number of amides is 2. The number of halogens is 3. The first kappa shape index (κ1) is 21.8. The third kappa shape index (κ3) is 6.00. The van der Waals surface area contributed by atoms with Gasteiger partial charge in [-0.1, -0.05) is 18.2 Å². The molecule has 0 unspecified atom stereocenters. The third-order valence-electron chi connectivity index (χ3n) is 3.66. The number of carbonyl (C=O) groups excluding carboxylic acids is 2. The van der Waals surface area contributed by atoms with Crippen LogP contribution in [0, 0.1) is 17.5 Å². The molecule has 154 valence electrons. The second kappa shape index (κ2) is 10.2. The number of carbonyl (C=O) groups is 2. The molecule has 0 aliphatic heterocycles. The fourth-order valence-electron chi connectivity index (χ4n) is 2.29. The highest BCUT2D eigenvalue weighted by atomic mass is 19.2. The van der Waals surface area contributed by atoms with Crippen LogP contribution in [0.25, 0.3) is 6.08 Å². The Hall–Kier alpha value is -3.49. The Kier molecular flexibility index (Phi) is 7.64.